The first-order valence-corrected chi connectivity index (χ1v) is 7.21. The Morgan fingerprint density at radius 2 is 2.00 bits per heavy atom. The first kappa shape index (κ1) is 17.0. The third kappa shape index (κ3) is 4.31. The van der Waals surface area contributed by atoms with Crippen molar-refractivity contribution >= 4 is 23.5 Å². The van der Waals surface area contributed by atoms with E-state index in [4.69, 9.17) is 10.00 Å². The normalized spacial score (nSPS) is 10.2. The number of hydrogen-bond donors (Lipinski definition) is 1. The van der Waals surface area contributed by atoms with Crippen LogP contribution in [-0.4, -0.2) is 18.8 Å². The fraction of sp³-hybridized carbons (Fsp3) is 0.105. The molecule has 0 fully saturated rings. The van der Waals surface area contributed by atoms with E-state index in [-0.39, 0.29) is 11.7 Å². The second-order valence-electron chi connectivity index (χ2n) is 5.03. The summed E-state index contributed by atoms with van der Waals surface area (Å²) in [6, 6.07) is 13.8. The maximum Gasteiger partial charge on any atom is 0.221 e. The van der Waals surface area contributed by atoms with Crippen LogP contribution >= 0.6 is 0 Å². The molecule has 0 aromatic heterocycles. The molecule has 5 heteroatoms. The molecule has 24 heavy (non-hydrogen) atoms. The number of carbonyl (C=O) groups is 2. The van der Waals surface area contributed by atoms with Crippen molar-refractivity contribution < 1.29 is 14.3 Å². The summed E-state index contributed by atoms with van der Waals surface area (Å²) < 4.78 is 5.16. The van der Waals surface area contributed by atoms with Crippen LogP contribution in [0.25, 0.3) is 6.08 Å². The number of nitrogens with one attached hydrogen (secondary N) is 1. The fourth-order valence-corrected chi connectivity index (χ4v) is 2.13. The molecule has 0 heterocycles. The fourth-order valence-electron chi connectivity index (χ4n) is 2.13. The van der Waals surface area contributed by atoms with Crippen molar-refractivity contribution in [1.29, 1.82) is 5.26 Å². The van der Waals surface area contributed by atoms with Gasteiger partial charge in [-0.1, -0.05) is 18.2 Å². The molecule has 2 rings (SSSR count). The van der Waals surface area contributed by atoms with Crippen LogP contribution in [0.15, 0.2) is 48.5 Å². The summed E-state index contributed by atoms with van der Waals surface area (Å²) in [7, 11) is 1.49. The average Bonchev–Trinajstić information content (AvgIpc) is 2.59. The van der Waals surface area contributed by atoms with Crippen LogP contribution < -0.4 is 10.1 Å². The molecule has 0 radical (unpaired) electrons. The molecular formula is C19H16N2O3. The number of carbonyl (C=O) groups excluding carboxylic acids is 2. The van der Waals surface area contributed by atoms with Gasteiger partial charge in [0, 0.05) is 12.5 Å². The van der Waals surface area contributed by atoms with Crippen LogP contribution in [0.5, 0.6) is 5.75 Å². The van der Waals surface area contributed by atoms with E-state index in [2.05, 4.69) is 11.4 Å². The molecule has 0 spiro atoms. The lowest BCUT2D eigenvalue weighted by Crippen LogP contribution is -2.08. The zero-order valence-corrected chi connectivity index (χ0v) is 13.4. The first-order valence-electron chi connectivity index (χ1n) is 7.21. The van der Waals surface area contributed by atoms with Gasteiger partial charge < -0.3 is 10.1 Å². The molecule has 120 valence electrons. The highest BCUT2D eigenvalue weighted by atomic mass is 16.5. The molecule has 0 unspecified atom stereocenters. The molecule has 0 atom stereocenters. The number of nitrogens with zero attached hydrogens (tertiary/aromatic N) is 1. The monoisotopic (exact) mass is 320 g/mol. The smallest absolute Gasteiger partial charge is 0.221 e. The average molecular weight is 320 g/mol. The topological polar surface area (TPSA) is 79.2 Å². The first-order chi connectivity index (χ1) is 11.5. The van der Waals surface area contributed by atoms with Gasteiger partial charge in [-0.05, 0) is 42.0 Å². The van der Waals surface area contributed by atoms with Crippen LogP contribution in [-0.2, 0) is 4.79 Å². The summed E-state index contributed by atoms with van der Waals surface area (Å²) in [4.78, 5) is 23.5. The van der Waals surface area contributed by atoms with E-state index in [1.807, 2.05) is 0 Å². The van der Waals surface area contributed by atoms with Gasteiger partial charge in [0.15, 0.2) is 5.78 Å². The van der Waals surface area contributed by atoms with Crippen molar-refractivity contribution in [2.45, 2.75) is 6.92 Å². The van der Waals surface area contributed by atoms with E-state index < -0.39 is 0 Å². The van der Waals surface area contributed by atoms with Crippen molar-refractivity contribution in [1.82, 2.24) is 0 Å². The van der Waals surface area contributed by atoms with E-state index in [9.17, 15) is 9.59 Å². The molecule has 0 aliphatic carbocycles. The summed E-state index contributed by atoms with van der Waals surface area (Å²) in [6.07, 6.45) is 3.07. The number of benzene rings is 2. The van der Waals surface area contributed by atoms with Gasteiger partial charge in [-0.15, -0.1) is 0 Å². The Morgan fingerprint density at radius 3 is 2.67 bits per heavy atom. The number of nitriles is 1. The Bertz CT molecular complexity index is 848. The summed E-state index contributed by atoms with van der Waals surface area (Å²) >= 11 is 0. The standard InChI is InChI=1S/C19H16N2O3/c1-13(22)21-17-11-16(7-9-19(17)24-2)18(23)8-6-14-4-3-5-15(10-14)12-20/h3-11H,1-2H3,(H,21,22)/b8-6+. The Morgan fingerprint density at radius 1 is 1.21 bits per heavy atom. The van der Waals surface area contributed by atoms with Gasteiger partial charge in [-0.2, -0.15) is 5.26 Å². The third-order valence-corrected chi connectivity index (χ3v) is 3.24. The number of amides is 1. The number of allylic oxidation sites excluding steroid dienone is 1. The van der Waals surface area contributed by atoms with E-state index >= 15 is 0 Å². The molecule has 0 bridgehead atoms. The molecule has 0 saturated carbocycles. The molecule has 5 nitrogen and oxygen atoms in total. The van der Waals surface area contributed by atoms with Crippen LogP contribution in [0.3, 0.4) is 0 Å². The third-order valence-electron chi connectivity index (χ3n) is 3.24. The zero-order valence-electron chi connectivity index (χ0n) is 13.4. The Kier molecular flexibility index (Phi) is 5.48. The van der Waals surface area contributed by atoms with E-state index in [0.29, 0.717) is 22.6 Å². The molecule has 2 aromatic rings. The Balaban J connectivity index is 2.24. The summed E-state index contributed by atoms with van der Waals surface area (Å²) in [5.41, 5.74) is 2.16. The molecule has 1 amide bonds. The van der Waals surface area contributed by atoms with Crippen molar-refractivity contribution in [2.24, 2.45) is 0 Å². The quantitative estimate of drug-likeness (QED) is 0.676. The molecule has 1 N–H and O–H groups in total. The van der Waals surface area contributed by atoms with Crippen molar-refractivity contribution in [3.05, 3.63) is 65.2 Å². The van der Waals surface area contributed by atoms with Gasteiger partial charge in [-0.3, -0.25) is 9.59 Å². The maximum atomic E-state index is 12.3. The van der Waals surface area contributed by atoms with Crippen molar-refractivity contribution in [2.75, 3.05) is 12.4 Å². The van der Waals surface area contributed by atoms with Gasteiger partial charge in [0.25, 0.3) is 0 Å². The summed E-state index contributed by atoms with van der Waals surface area (Å²) in [5.74, 6) is 0.0147. The highest BCUT2D eigenvalue weighted by Gasteiger charge is 2.09. The van der Waals surface area contributed by atoms with Crippen LogP contribution in [0.2, 0.25) is 0 Å². The van der Waals surface area contributed by atoms with Crippen molar-refractivity contribution in [3.63, 3.8) is 0 Å². The van der Waals surface area contributed by atoms with Gasteiger partial charge in [0.2, 0.25) is 5.91 Å². The lowest BCUT2D eigenvalue weighted by Gasteiger charge is -2.09. The minimum absolute atomic E-state index is 0.216. The summed E-state index contributed by atoms with van der Waals surface area (Å²) in [6.45, 7) is 1.38. The number of hydrogen-bond acceptors (Lipinski definition) is 4. The Hall–Kier alpha value is -3.39. The summed E-state index contributed by atoms with van der Waals surface area (Å²) in [5, 5.41) is 11.5. The predicted molar refractivity (Wildman–Crippen MR) is 91.8 cm³/mol. The van der Waals surface area contributed by atoms with E-state index in [1.165, 1.54) is 20.1 Å². The Labute approximate surface area is 140 Å². The number of ketones is 1. The van der Waals surface area contributed by atoms with Gasteiger partial charge in [0.1, 0.15) is 5.75 Å². The second-order valence-corrected chi connectivity index (χ2v) is 5.03. The molecule has 0 aliphatic rings. The van der Waals surface area contributed by atoms with Crippen LogP contribution in [0.1, 0.15) is 28.4 Å². The predicted octanol–water partition coefficient (Wildman–Crippen LogP) is 3.42. The second kappa shape index (κ2) is 7.75. The van der Waals surface area contributed by atoms with E-state index in [1.54, 1.807) is 48.5 Å². The highest BCUT2D eigenvalue weighted by molar-refractivity contribution is 6.08. The van der Waals surface area contributed by atoms with Crippen molar-refractivity contribution in [3.8, 4) is 11.8 Å². The molecular weight excluding hydrogens is 304 g/mol. The number of ether oxygens (including phenoxy) is 1. The van der Waals surface area contributed by atoms with Gasteiger partial charge >= 0.3 is 0 Å². The number of anilines is 1. The maximum absolute atomic E-state index is 12.3. The van der Waals surface area contributed by atoms with Crippen LogP contribution in [0, 0.1) is 11.3 Å². The lowest BCUT2D eigenvalue weighted by atomic mass is 10.1. The number of methoxy groups -OCH3 is 1. The lowest BCUT2D eigenvalue weighted by molar-refractivity contribution is -0.114. The van der Waals surface area contributed by atoms with E-state index in [0.717, 1.165) is 5.56 Å². The number of rotatable bonds is 5. The minimum Gasteiger partial charge on any atom is -0.495 e. The van der Waals surface area contributed by atoms with Gasteiger partial charge in [-0.25, -0.2) is 0 Å². The molecule has 2 aromatic carbocycles. The SMILES string of the molecule is COc1ccc(C(=O)/C=C/c2cccc(C#N)c2)cc1NC(C)=O. The minimum atomic E-state index is -0.248. The van der Waals surface area contributed by atoms with Crippen LogP contribution in [0.4, 0.5) is 5.69 Å². The zero-order chi connectivity index (χ0) is 17.5. The molecule has 0 saturated heterocycles. The largest absolute Gasteiger partial charge is 0.495 e. The van der Waals surface area contributed by atoms with Gasteiger partial charge in [0.05, 0.1) is 24.4 Å². The highest BCUT2D eigenvalue weighted by Crippen LogP contribution is 2.26. The molecule has 0 aliphatic heterocycles.